The van der Waals surface area contributed by atoms with Gasteiger partial charge in [0.05, 0.1) is 40.1 Å². The van der Waals surface area contributed by atoms with E-state index in [-0.39, 0.29) is 17.6 Å². The molecule has 192 valence electrons. The average molecular weight is 534 g/mol. The van der Waals surface area contributed by atoms with Gasteiger partial charge in [0.1, 0.15) is 0 Å². The molecule has 0 amide bonds. The summed E-state index contributed by atoms with van der Waals surface area (Å²) >= 11 is 1.51. The number of para-hydroxylation sites is 1. The lowest BCUT2D eigenvalue weighted by molar-refractivity contribution is -0.137. The Labute approximate surface area is 220 Å². The van der Waals surface area contributed by atoms with Crippen LogP contribution in [0.1, 0.15) is 22.4 Å². The fraction of sp³-hybridized carbons (Fsp3) is 0.179. The van der Waals surface area contributed by atoms with Gasteiger partial charge in [-0.1, -0.05) is 60.3 Å². The summed E-state index contributed by atoms with van der Waals surface area (Å²) in [7, 11) is 0. The number of anilines is 1. The number of rotatable bonds is 5. The first-order chi connectivity index (χ1) is 18.4. The normalized spacial score (nSPS) is 13.6. The molecule has 0 saturated carbocycles. The van der Waals surface area contributed by atoms with Crippen LogP contribution in [0.15, 0.2) is 88.8 Å². The zero-order valence-electron chi connectivity index (χ0n) is 20.1. The maximum atomic E-state index is 13.9. The van der Waals surface area contributed by atoms with Crippen LogP contribution in [0.25, 0.3) is 16.7 Å². The van der Waals surface area contributed by atoms with Crippen molar-refractivity contribution in [3.8, 4) is 5.69 Å². The molecule has 3 aromatic carbocycles. The van der Waals surface area contributed by atoms with Crippen LogP contribution >= 0.6 is 11.8 Å². The fourth-order valence-electron chi connectivity index (χ4n) is 4.58. The van der Waals surface area contributed by atoms with Crippen molar-refractivity contribution in [1.29, 1.82) is 0 Å². The summed E-state index contributed by atoms with van der Waals surface area (Å²) in [6.45, 7) is 0.785. The summed E-state index contributed by atoms with van der Waals surface area (Å²) in [5.74, 6) is 1.10. The number of hydrogen-bond donors (Lipinski definition) is 1. The highest BCUT2D eigenvalue weighted by atomic mass is 32.2. The van der Waals surface area contributed by atoms with Gasteiger partial charge < -0.3 is 9.88 Å². The Kier molecular flexibility index (Phi) is 6.19. The van der Waals surface area contributed by atoms with Gasteiger partial charge in [-0.2, -0.15) is 13.2 Å². The zero-order valence-corrected chi connectivity index (χ0v) is 20.9. The molecular formula is C28H22F3N5OS. The van der Waals surface area contributed by atoms with Crippen molar-refractivity contribution in [2.75, 3.05) is 11.4 Å². The Morgan fingerprint density at radius 3 is 2.42 bits per heavy atom. The van der Waals surface area contributed by atoms with E-state index in [2.05, 4.69) is 9.97 Å². The number of halogens is 3. The highest BCUT2D eigenvalue weighted by molar-refractivity contribution is 7.98. The predicted octanol–water partition coefficient (Wildman–Crippen LogP) is 5.98. The number of nitrogens with one attached hydrogen (secondary N) is 1. The Morgan fingerprint density at radius 1 is 0.947 bits per heavy atom. The highest BCUT2D eigenvalue weighted by Gasteiger charge is 2.31. The van der Waals surface area contributed by atoms with Crippen LogP contribution in [0, 0.1) is 0 Å². The van der Waals surface area contributed by atoms with Gasteiger partial charge in [0, 0.05) is 18.7 Å². The smallest absolute Gasteiger partial charge is 0.337 e. The van der Waals surface area contributed by atoms with Gasteiger partial charge in [-0.25, -0.2) is 9.97 Å². The second kappa shape index (κ2) is 9.68. The van der Waals surface area contributed by atoms with Gasteiger partial charge in [0.15, 0.2) is 5.16 Å². The molecule has 6 nitrogen and oxygen atoms in total. The lowest BCUT2D eigenvalue weighted by Gasteiger charge is -2.28. The van der Waals surface area contributed by atoms with Gasteiger partial charge in [0.25, 0.3) is 5.56 Å². The second-order valence-electron chi connectivity index (χ2n) is 9.03. The van der Waals surface area contributed by atoms with Crippen molar-refractivity contribution in [3.05, 3.63) is 112 Å². The van der Waals surface area contributed by atoms with E-state index < -0.39 is 11.7 Å². The predicted molar refractivity (Wildman–Crippen MR) is 142 cm³/mol. The molecule has 10 heteroatoms. The number of fused-ring (bicyclic) bond motifs is 2. The summed E-state index contributed by atoms with van der Waals surface area (Å²) in [5.41, 5.74) is 2.99. The molecule has 0 fully saturated rings. The van der Waals surface area contributed by atoms with E-state index in [4.69, 9.17) is 4.98 Å². The number of aromatic amines is 1. The number of aromatic nitrogens is 4. The molecule has 1 N–H and O–H groups in total. The van der Waals surface area contributed by atoms with Crippen LogP contribution in [0.5, 0.6) is 0 Å². The van der Waals surface area contributed by atoms with Crippen LogP contribution < -0.4 is 10.5 Å². The molecule has 0 spiro atoms. The number of alkyl halides is 3. The Balaban J connectivity index is 1.36. The number of nitrogens with zero attached hydrogens (tertiary/aromatic N) is 4. The van der Waals surface area contributed by atoms with Crippen LogP contribution in [-0.4, -0.2) is 26.1 Å². The maximum absolute atomic E-state index is 13.9. The molecule has 0 bridgehead atoms. The lowest BCUT2D eigenvalue weighted by Crippen LogP contribution is -2.38. The SMILES string of the molecule is O=c1c2c(nc(SCc3ccccc3)n1-c1ccccc1)CCN(c1nc3cc(C(F)(F)F)ccc3[nH]1)C2. The summed E-state index contributed by atoms with van der Waals surface area (Å²) in [6.07, 6.45) is -3.92. The van der Waals surface area contributed by atoms with E-state index >= 15 is 0 Å². The molecule has 0 atom stereocenters. The van der Waals surface area contributed by atoms with E-state index in [1.807, 2.05) is 65.6 Å². The van der Waals surface area contributed by atoms with Crippen molar-refractivity contribution < 1.29 is 13.2 Å². The van der Waals surface area contributed by atoms with Gasteiger partial charge in [0.2, 0.25) is 5.95 Å². The minimum atomic E-state index is -4.44. The van der Waals surface area contributed by atoms with E-state index in [0.717, 1.165) is 29.1 Å². The number of imidazole rings is 1. The first-order valence-corrected chi connectivity index (χ1v) is 13.0. The molecule has 38 heavy (non-hydrogen) atoms. The first-order valence-electron chi connectivity index (χ1n) is 12.1. The molecule has 5 aromatic rings. The number of hydrogen-bond acceptors (Lipinski definition) is 5. The Hall–Kier alpha value is -4.05. The Morgan fingerprint density at radius 2 is 1.68 bits per heavy atom. The van der Waals surface area contributed by atoms with Gasteiger partial charge >= 0.3 is 6.18 Å². The monoisotopic (exact) mass is 533 g/mol. The molecule has 0 saturated heterocycles. The van der Waals surface area contributed by atoms with Gasteiger partial charge in [-0.15, -0.1) is 0 Å². The van der Waals surface area contributed by atoms with Crippen LogP contribution in [0.4, 0.5) is 19.1 Å². The van der Waals surface area contributed by atoms with Crippen molar-refractivity contribution in [3.63, 3.8) is 0 Å². The summed E-state index contributed by atoms with van der Waals surface area (Å²) in [5, 5.41) is 0.626. The third-order valence-corrected chi connectivity index (χ3v) is 7.53. The van der Waals surface area contributed by atoms with Gasteiger partial charge in [-0.05, 0) is 35.9 Å². The van der Waals surface area contributed by atoms with E-state index in [0.29, 0.717) is 40.9 Å². The highest BCUT2D eigenvalue weighted by Crippen LogP contribution is 2.32. The van der Waals surface area contributed by atoms with Crippen molar-refractivity contribution >= 4 is 28.7 Å². The number of benzene rings is 3. The quantitative estimate of drug-likeness (QED) is 0.222. The topological polar surface area (TPSA) is 66.8 Å². The fourth-order valence-corrected chi connectivity index (χ4v) is 5.56. The second-order valence-corrected chi connectivity index (χ2v) is 9.97. The van der Waals surface area contributed by atoms with Crippen molar-refractivity contribution in [2.45, 2.75) is 30.1 Å². The first kappa shape index (κ1) is 24.3. The van der Waals surface area contributed by atoms with Crippen LogP contribution in [-0.2, 0) is 24.9 Å². The minimum Gasteiger partial charge on any atom is -0.337 e. The third-order valence-electron chi connectivity index (χ3n) is 6.52. The molecule has 0 radical (unpaired) electrons. The van der Waals surface area contributed by atoms with Crippen LogP contribution in [0.3, 0.4) is 0 Å². The summed E-state index contributed by atoms with van der Waals surface area (Å²) in [4.78, 5) is 28.2. The molecule has 6 rings (SSSR count). The number of thioether (sulfide) groups is 1. The van der Waals surface area contributed by atoms with E-state index in [1.54, 1.807) is 4.57 Å². The lowest BCUT2D eigenvalue weighted by atomic mass is 10.1. The van der Waals surface area contributed by atoms with Crippen molar-refractivity contribution in [2.24, 2.45) is 0 Å². The number of H-pyrrole nitrogens is 1. The minimum absolute atomic E-state index is 0.156. The van der Waals surface area contributed by atoms with Crippen molar-refractivity contribution in [1.82, 2.24) is 19.5 Å². The molecule has 0 unspecified atom stereocenters. The van der Waals surface area contributed by atoms with E-state index in [1.165, 1.54) is 17.8 Å². The summed E-state index contributed by atoms with van der Waals surface area (Å²) in [6, 6.07) is 22.9. The third kappa shape index (κ3) is 4.67. The molecule has 0 aliphatic carbocycles. The molecule has 3 heterocycles. The van der Waals surface area contributed by atoms with E-state index in [9.17, 15) is 18.0 Å². The average Bonchev–Trinajstić information content (AvgIpc) is 3.36. The summed E-state index contributed by atoms with van der Waals surface area (Å²) < 4.78 is 41.1. The zero-order chi connectivity index (χ0) is 26.3. The Bertz CT molecular complexity index is 1670. The molecule has 1 aliphatic rings. The standard InChI is InChI=1S/C28H22F3N5OS/c29-28(30,31)19-11-12-23-24(15-19)33-26(32-23)35-14-13-22-21(16-35)25(37)36(20-9-5-2-6-10-20)27(34-22)38-17-18-7-3-1-4-8-18/h1-12,15H,13-14,16-17H2,(H,32,33). The molecule has 2 aromatic heterocycles. The molecule has 1 aliphatic heterocycles. The van der Waals surface area contributed by atoms with Crippen LogP contribution in [0.2, 0.25) is 0 Å². The maximum Gasteiger partial charge on any atom is 0.416 e. The van der Waals surface area contributed by atoms with Gasteiger partial charge in [-0.3, -0.25) is 9.36 Å². The molecular weight excluding hydrogens is 511 g/mol. The largest absolute Gasteiger partial charge is 0.416 e.